The Morgan fingerprint density at radius 3 is 2.75 bits per heavy atom. The molecule has 1 aromatic carbocycles. The number of aryl methyl sites for hydroxylation is 2. The van der Waals surface area contributed by atoms with Crippen molar-refractivity contribution in [2.45, 2.75) is 32.7 Å². The number of nitrogens with zero attached hydrogens (tertiary/aromatic N) is 2. The molecule has 1 heterocycles. The second-order valence-electron chi connectivity index (χ2n) is 6.27. The molecule has 3 nitrogen and oxygen atoms in total. The minimum absolute atomic E-state index is 0.258. The lowest BCUT2D eigenvalue weighted by Crippen LogP contribution is -2.40. The van der Waals surface area contributed by atoms with E-state index in [0.717, 1.165) is 24.2 Å². The van der Waals surface area contributed by atoms with Gasteiger partial charge in [0.1, 0.15) is 0 Å². The predicted octanol–water partition coefficient (Wildman–Crippen LogP) is 2.51. The Labute approximate surface area is 122 Å². The molecule has 0 amide bonds. The highest BCUT2D eigenvalue weighted by molar-refractivity contribution is 5.99. The van der Waals surface area contributed by atoms with Crippen LogP contribution in [0.3, 0.4) is 0 Å². The van der Waals surface area contributed by atoms with Gasteiger partial charge in [-0.15, -0.1) is 0 Å². The normalized spacial score (nSPS) is 19.8. The van der Waals surface area contributed by atoms with Crippen molar-refractivity contribution in [2.24, 2.45) is 0 Å². The first kappa shape index (κ1) is 15.2. The van der Waals surface area contributed by atoms with Gasteiger partial charge in [0.05, 0.1) is 6.54 Å². The van der Waals surface area contributed by atoms with Gasteiger partial charge in [0.25, 0.3) is 0 Å². The summed E-state index contributed by atoms with van der Waals surface area (Å²) in [5, 5.41) is 0. The average molecular weight is 274 g/mol. The van der Waals surface area contributed by atoms with Crippen LogP contribution in [0, 0.1) is 13.8 Å². The Balaban J connectivity index is 2.03. The summed E-state index contributed by atoms with van der Waals surface area (Å²) in [5.41, 5.74) is 3.19. The van der Waals surface area contributed by atoms with Gasteiger partial charge in [0.15, 0.2) is 5.78 Å². The number of Topliss-reactive ketones (excluding diaryl/α,β-unsaturated/α-hetero) is 1. The standard InChI is InChI=1S/C17H26N2O/c1-13-7-8-16(14(2)10-13)17(20)12-19-9-5-6-15(19)11-18(3)4/h7-8,10,15H,5-6,9,11-12H2,1-4H3. The van der Waals surface area contributed by atoms with E-state index < -0.39 is 0 Å². The molecule has 1 aromatic rings. The molecule has 0 radical (unpaired) electrons. The third-order valence-electron chi connectivity index (χ3n) is 4.10. The largest absolute Gasteiger partial charge is 0.308 e. The summed E-state index contributed by atoms with van der Waals surface area (Å²) >= 11 is 0. The Hall–Kier alpha value is -1.19. The lowest BCUT2D eigenvalue weighted by Gasteiger charge is -2.26. The van der Waals surface area contributed by atoms with Gasteiger partial charge >= 0.3 is 0 Å². The smallest absolute Gasteiger partial charge is 0.177 e. The maximum absolute atomic E-state index is 12.5. The zero-order valence-electron chi connectivity index (χ0n) is 13.1. The zero-order valence-corrected chi connectivity index (χ0v) is 13.1. The number of rotatable bonds is 5. The molecule has 20 heavy (non-hydrogen) atoms. The molecule has 1 aliphatic rings. The van der Waals surface area contributed by atoms with Crippen LogP contribution in [0.5, 0.6) is 0 Å². The second-order valence-corrected chi connectivity index (χ2v) is 6.27. The van der Waals surface area contributed by atoms with E-state index >= 15 is 0 Å². The molecule has 0 N–H and O–H groups in total. The van der Waals surface area contributed by atoms with E-state index in [1.54, 1.807) is 0 Å². The van der Waals surface area contributed by atoms with Crippen molar-refractivity contribution in [2.75, 3.05) is 33.7 Å². The Morgan fingerprint density at radius 2 is 2.10 bits per heavy atom. The third-order valence-corrected chi connectivity index (χ3v) is 4.10. The number of carbonyl (C=O) groups is 1. The molecule has 1 atom stereocenters. The number of likely N-dealkylation sites (tertiary alicyclic amines) is 1. The van der Waals surface area contributed by atoms with Crippen LogP contribution in [-0.4, -0.2) is 55.4 Å². The van der Waals surface area contributed by atoms with E-state index in [4.69, 9.17) is 0 Å². The van der Waals surface area contributed by atoms with E-state index in [2.05, 4.69) is 36.9 Å². The number of hydrogen-bond donors (Lipinski definition) is 0. The fourth-order valence-corrected chi connectivity index (χ4v) is 3.13. The van der Waals surface area contributed by atoms with Crippen molar-refractivity contribution < 1.29 is 4.79 Å². The second kappa shape index (κ2) is 6.51. The van der Waals surface area contributed by atoms with Crippen molar-refractivity contribution in [3.05, 3.63) is 34.9 Å². The first-order chi connectivity index (χ1) is 9.47. The predicted molar refractivity (Wildman–Crippen MR) is 83.4 cm³/mol. The molecule has 110 valence electrons. The van der Waals surface area contributed by atoms with E-state index in [1.807, 2.05) is 19.1 Å². The summed E-state index contributed by atoms with van der Waals surface area (Å²) in [5.74, 6) is 0.258. The Kier molecular flexibility index (Phi) is 4.95. The maximum atomic E-state index is 12.5. The monoisotopic (exact) mass is 274 g/mol. The topological polar surface area (TPSA) is 23.6 Å². The number of ketones is 1. The summed E-state index contributed by atoms with van der Waals surface area (Å²) in [6, 6.07) is 6.62. The van der Waals surface area contributed by atoms with Gasteiger partial charge < -0.3 is 4.90 Å². The highest BCUT2D eigenvalue weighted by Gasteiger charge is 2.27. The molecular formula is C17H26N2O. The van der Waals surface area contributed by atoms with Crippen molar-refractivity contribution in [1.29, 1.82) is 0 Å². The Morgan fingerprint density at radius 1 is 1.35 bits per heavy atom. The number of benzene rings is 1. The number of carbonyl (C=O) groups excluding carboxylic acids is 1. The first-order valence-electron chi connectivity index (χ1n) is 7.46. The molecule has 0 spiro atoms. The molecule has 1 fully saturated rings. The molecule has 0 bridgehead atoms. The molecule has 3 heteroatoms. The molecule has 1 aliphatic heterocycles. The molecule has 2 rings (SSSR count). The van der Waals surface area contributed by atoms with Crippen LogP contribution < -0.4 is 0 Å². The summed E-state index contributed by atoms with van der Waals surface area (Å²) in [4.78, 5) is 17.1. The molecule has 1 unspecified atom stereocenters. The number of likely N-dealkylation sites (N-methyl/N-ethyl adjacent to an activating group) is 1. The summed E-state index contributed by atoms with van der Waals surface area (Å²) in [6.07, 6.45) is 2.41. The van der Waals surface area contributed by atoms with Crippen LogP contribution >= 0.6 is 0 Å². The van der Waals surface area contributed by atoms with Gasteiger partial charge in [0, 0.05) is 18.2 Å². The van der Waals surface area contributed by atoms with Gasteiger partial charge in [0.2, 0.25) is 0 Å². The lowest BCUT2D eigenvalue weighted by molar-refractivity contribution is 0.0910. The molecule has 1 saturated heterocycles. The number of hydrogen-bond acceptors (Lipinski definition) is 3. The van der Waals surface area contributed by atoms with Gasteiger partial charge in [-0.2, -0.15) is 0 Å². The van der Waals surface area contributed by atoms with Crippen LogP contribution in [0.1, 0.15) is 34.3 Å². The minimum Gasteiger partial charge on any atom is -0.308 e. The highest BCUT2D eigenvalue weighted by atomic mass is 16.1. The van der Waals surface area contributed by atoms with E-state index in [0.29, 0.717) is 12.6 Å². The van der Waals surface area contributed by atoms with Gasteiger partial charge in [-0.25, -0.2) is 0 Å². The molecule has 0 aliphatic carbocycles. The summed E-state index contributed by atoms with van der Waals surface area (Å²) < 4.78 is 0. The SMILES string of the molecule is Cc1ccc(C(=O)CN2CCCC2CN(C)C)c(C)c1. The van der Waals surface area contributed by atoms with Crippen molar-refractivity contribution >= 4 is 5.78 Å². The van der Waals surface area contributed by atoms with Crippen LogP contribution in [0.2, 0.25) is 0 Å². The molecule has 0 aromatic heterocycles. The quantitative estimate of drug-likeness (QED) is 0.771. The van der Waals surface area contributed by atoms with Crippen molar-refractivity contribution in [3.8, 4) is 0 Å². The van der Waals surface area contributed by atoms with Crippen LogP contribution in [-0.2, 0) is 0 Å². The van der Waals surface area contributed by atoms with E-state index in [9.17, 15) is 4.79 Å². The highest BCUT2D eigenvalue weighted by Crippen LogP contribution is 2.19. The summed E-state index contributed by atoms with van der Waals surface area (Å²) in [6.45, 7) is 6.74. The molecular weight excluding hydrogens is 248 g/mol. The van der Waals surface area contributed by atoms with Crippen LogP contribution in [0.15, 0.2) is 18.2 Å². The molecule has 0 saturated carbocycles. The summed E-state index contributed by atoms with van der Waals surface area (Å²) in [7, 11) is 4.20. The maximum Gasteiger partial charge on any atom is 0.177 e. The fourth-order valence-electron chi connectivity index (χ4n) is 3.13. The van der Waals surface area contributed by atoms with Crippen LogP contribution in [0.4, 0.5) is 0 Å². The Bertz CT molecular complexity index is 482. The minimum atomic E-state index is 0.258. The van der Waals surface area contributed by atoms with E-state index in [-0.39, 0.29) is 5.78 Å². The van der Waals surface area contributed by atoms with Crippen molar-refractivity contribution in [1.82, 2.24) is 9.80 Å². The zero-order chi connectivity index (χ0) is 14.7. The van der Waals surface area contributed by atoms with Crippen molar-refractivity contribution in [3.63, 3.8) is 0 Å². The third kappa shape index (κ3) is 3.68. The van der Waals surface area contributed by atoms with Crippen LogP contribution in [0.25, 0.3) is 0 Å². The van der Waals surface area contributed by atoms with E-state index in [1.165, 1.54) is 18.4 Å². The lowest BCUT2D eigenvalue weighted by atomic mass is 10.0. The first-order valence-corrected chi connectivity index (χ1v) is 7.46. The fraction of sp³-hybridized carbons (Fsp3) is 0.588. The van der Waals surface area contributed by atoms with Gasteiger partial charge in [-0.3, -0.25) is 9.69 Å². The van der Waals surface area contributed by atoms with Gasteiger partial charge in [-0.05, 0) is 52.9 Å². The van der Waals surface area contributed by atoms with Gasteiger partial charge in [-0.1, -0.05) is 23.8 Å². The average Bonchev–Trinajstić information content (AvgIpc) is 2.75.